The first-order valence-corrected chi connectivity index (χ1v) is 11.7. The molecule has 6 rings (SSSR count). The highest BCUT2D eigenvalue weighted by Gasteiger charge is 2.25. The van der Waals surface area contributed by atoms with Gasteiger partial charge < -0.3 is 14.8 Å². The number of H-pyrrole nitrogens is 2. The smallest absolute Gasteiger partial charge is 0.272 e. The number of amides is 1. The molecule has 188 valence electrons. The Morgan fingerprint density at radius 1 is 1.00 bits per heavy atom. The van der Waals surface area contributed by atoms with Crippen LogP contribution < -0.4 is 10.5 Å². The molecule has 1 fully saturated rings. The van der Waals surface area contributed by atoms with Crippen molar-refractivity contribution in [3.63, 3.8) is 0 Å². The number of anilines is 1. The van der Waals surface area contributed by atoms with Gasteiger partial charge in [0, 0.05) is 38.0 Å². The first-order chi connectivity index (χ1) is 17.6. The lowest BCUT2D eigenvalue weighted by atomic mass is 10.0. The number of aromatic amines is 2. The number of fused-ring (bicyclic) bond motifs is 2. The first-order valence-electron chi connectivity index (χ1n) is 11.7. The van der Waals surface area contributed by atoms with Crippen molar-refractivity contribution in [1.29, 1.82) is 0 Å². The summed E-state index contributed by atoms with van der Waals surface area (Å²) in [5.41, 5.74) is 2.68. The summed E-state index contributed by atoms with van der Waals surface area (Å²) >= 11 is 0. The molecule has 0 unspecified atom stereocenters. The summed E-state index contributed by atoms with van der Waals surface area (Å²) in [5, 5.41) is 7.99. The Hall–Kier alpha value is -4.31. The molecule has 1 saturated heterocycles. The number of halogens is 2. The maximum absolute atomic E-state index is 14.7. The molecule has 0 aliphatic carbocycles. The van der Waals surface area contributed by atoms with Crippen molar-refractivity contribution in [2.75, 3.05) is 31.1 Å². The number of carbonyl (C=O) groups excluding carboxylic acids is 1. The quantitative estimate of drug-likeness (QED) is 0.377. The van der Waals surface area contributed by atoms with Crippen LogP contribution in [0.25, 0.3) is 21.9 Å². The van der Waals surface area contributed by atoms with Crippen molar-refractivity contribution in [3.05, 3.63) is 93.9 Å². The van der Waals surface area contributed by atoms with E-state index in [1.54, 1.807) is 35.5 Å². The first kappa shape index (κ1) is 24.4. The van der Waals surface area contributed by atoms with Crippen LogP contribution in [0.2, 0.25) is 0 Å². The number of aromatic nitrogens is 5. The summed E-state index contributed by atoms with van der Waals surface area (Å²) in [5.74, 6) is -0.101. The van der Waals surface area contributed by atoms with Gasteiger partial charge in [-0.2, -0.15) is 5.10 Å². The summed E-state index contributed by atoms with van der Waals surface area (Å²) in [6.07, 6.45) is 1.96. The predicted molar refractivity (Wildman–Crippen MR) is 141 cm³/mol. The monoisotopic (exact) mass is 519 g/mol. The Balaban J connectivity index is 0.00000280. The SMILES string of the molecule is Cl.O=C(c1cc(Cc2n[nH]c(=O)c3ccccc23)ccc1F)N1CCN(c2ccc3[nH]cnc3n2)CC1. The van der Waals surface area contributed by atoms with E-state index in [0.29, 0.717) is 49.3 Å². The van der Waals surface area contributed by atoms with Gasteiger partial charge in [0.1, 0.15) is 11.6 Å². The molecule has 1 amide bonds. The van der Waals surface area contributed by atoms with Crippen LogP contribution >= 0.6 is 12.4 Å². The Bertz CT molecular complexity index is 1660. The molecule has 0 saturated carbocycles. The third-order valence-corrected chi connectivity index (χ3v) is 6.57. The van der Waals surface area contributed by atoms with Crippen LogP contribution in [0.15, 0.2) is 65.7 Å². The van der Waals surface area contributed by atoms with Crippen LogP contribution in [0.4, 0.5) is 10.2 Å². The minimum absolute atomic E-state index is 0. The topological polar surface area (TPSA) is 111 Å². The van der Waals surface area contributed by atoms with Gasteiger partial charge in [-0.05, 0) is 35.9 Å². The zero-order chi connectivity index (χ0) is 24.6. The maximum Gasteiger partial charge on any atom is 0.272 e. The molecule has 3 aromatic heterocycles. The molecular weight excluding hydrogens is 497 g/mol. The van der Waals surface area contributed by atoms with Crippen molar-refractivity contribution in [3.8, 4) is 0 Å². The van der Waals surface area contributed by atoms with Gasteiger partial charge in [0.2, 0.25) is 0 Å². The van der Waals surface area contributed by atoms with E-state index in [1.807, 2.05) is 24.3 Å². The maximum atomic E-state index is 14.7. The van der Waals surface area contributed by atoms with Gasteiger partial charge in [-0.1, -0.05) is 24.3 Å². The van der Waals surface area contributed by atoms with Gasteiger partial charge in [0.25, 0.3) is 11.5 Å². The highest BCUT2D eigenvalue weighted by atomic mass is 35.5. The largest absolute Gasteiger partial charge is 0.353 e. The van der Waals surface area contributed by atoms with Crippen molar-refractivity contribution in [2.45, 2.75) is 6.42 Å². The van der Waals surface area contributed by atoms with Gasteiger partial charge in [-0.25, -0.2) is 19.5 Å². The normalized spacial score (nSPS) is 13.6. The minimum atomic E-state index is -0.559. The molecule has 1 aliphatic rings. The van der Waals surface area contributed by atoms with Crippen LogP contribution in [0.5, 0.6) is 0 Å². The van der Waals surface area contributed by atoms with Crippen LogP contribution in [0.3, 0.4) is 0 Å². The van der Waals surface area contributed by atoms with Gasteiger partial charge in [0.15, 0.2) is 5.65 Å². The average molecular weight is 520 g/mol. The lowest BCUT2D eigenvalue weighted by molar-refractivity contribution is 0.0741. The molecule has 11 heteroatoms. The Morgan fingerprint density at radius 3 is 2.59 bits per heavy atom. The summed E-state index contributed by atoms with van der Waals surface area (Å²) in [6, 6.07) is 15.6. The van der Waals surface area contributed by atoms with Crippen molar-refractivity contribution < 1.29 is 9.18 Å². The summed E-state index contributed by atoms with van der Waals surface area (Å²) in [7, 11) is 0. The van der Waals surface area contributed by atoms with E-state index in [1.165, 1.54) is 6.07 Å². The number of hydrogen-bond acceptors (Lipinski definition) is 6. The second-order valence-electron chi connectivity index (χ2n) is 8.76. The number of nitrogens with one attached hydrogen (secondary N) is 2. The van der Waals surface area contributed by atoms with Crippen molar-refractivity contribution in [2.24, 2.45) is 0 Å². The Kier molecular flexibility index (Phi) is 6.58. The second kappa shape index (κ2) is 9.98. The lowest BCUT2D eigenvalue weighted by Gasteiger charge is -2.35. The third-order valence-electron chi connectivity index (χ3n) is 6.57. The van der Waals surface area contributed by atoms with Gasteiger partial charge in [-0.3, -0.25) is 9.59 Å². The molecule has 2 aromatic carbocycles. The molecule has 0 bridgehead atoms. The molecule has 37 heavy (non-hydrogen) atoms. The number of hydrogen-bond donors (Lipinski definition) is 2. The van der Waals surface area contributed by atoms with E-state index in [2.05, 4.69) is 30.0 Å². The number of rotatable bonds is 4. The lowest BCUT2D eigenvalue weighted by Crippen LogP contribution is -2.49. The number of piperazine rings is 1. The predicted octanol–water partition coefficient (Wildman–Crippen LogP) is 3.31. The van der Waals surface area contributed by atoms with Gasteiger partial charge in [-0.15, -0.1) is 12.4 Å². The Morgan fingerprint density at radius 2 is 1.78 bits per heavy atom. The van der Waals surface area contributed by atoms with E-state index < -0.39 is 5.82 Å². The fourth-order valence-electron chi connectivity index (χ4n) is 4.64. The summed E-state index contributed by atoms with van der Waals surface area (Å²) in [4.78, 5) is 40.9. The minimum Gasteiger partial charge on any atom is -0.353 e. The number of nitrogens with zero attached hydrogens (tertiary/aromatic N) is 5. The molecule has 5 aromatic rings. The standard InChI is InChI=1S/C26H22FN7O2.ClH/c27-20-6-5-16(14-22-17-3-1-2-4-18(17)25(35)32-31-22)13-19(20)26(36)34-11-9-33(10-12-34)23-8-7-21-24(30-23)29-15-28-21;/h1-8,13,15H,9-12,14H2,(H,32,35)(H,28,29,30);1H. The van der Waals surface area contributed by atoms with Gasteiger partial charge >= 0.3 is 0 Å². The number of benzene rings is 2. The fourth-order valence-corrected chi connectivity index (χ4v) is 4.64. The van der Waals surface area contributed by atoms with Crippen molar-refractivity contribution in [1.82, 2.24) is 30.0 Å². The Labute approximate surface area is 216 Å². The zero-order valence-electron chi connectivity index (χ0n) is 19.6. The van der Waals surface area contributed by atoms with Gasteiger partial charge in [0.05, 0.1) is 28.5 Å². The molecule has 2 N–H and O–H groups in total. The fraction of sp³-hybridized carbons (Fsp3) is 0.192. The molecule has 9 nitrogen and oxygen atoms in total. The highest BCUT2D eigenvalue weighted by molar-refractivity contribution is 5.95. The molecule has 0 radical (unpaired) electrons. The van der Waals surface area contributed by atoms with E-state index in [9.17, 15) is 14.0 Å². The number of imidazole rings is 1. The average Bonchev–Trinajstić information content (AvgIpc) is 3.39. The third kappa shape index (κ3) is 4.63. The summed E-state index contributed by atoms with van der Waals surface area (Å²) < 4.78 is 14.7. The van der Waals surface area contributed by atoms with Crippen LogP contribution in [-0.4, -0.2) is 62.1 Å². The zero-order valence-corrected chi connectivity index (χ0v) is 20.5. The number of pyridine rings is 1. The second-order valence-corrected chi connectivity index (χ2v) is 8.76. The molecular formula is C26H23ClFN7O2. The molecule has 4 heterocycles. The van der Waals surface area contributed by atoms with E-state index in [4.69, 9.17) is 0 Å². The summed E-state index contributed by atoms with van der Waals surface area (Å²) in [6.45, 7) is 2.08. The van der Waals surface area contributed by atoms with Crippen molar-refractivity contribution >= 4 is 46.1 Å². The molecule has 0 spiro atoms. The molecule has 1 aliphatic heterocycles. The molecule has 0 atom stereocenters. The van der Waals surface area contributed by atoms with Crippen LogP contribution in [-0.2, 0) is 6.42 Å². The van der Waals surface area contributed by atoms with E-state index in [0.717, 1.165) is 22.3 Å². The van der Waals surface area contributed by atoms with E-state index >= 15 is 0 Å². The van der Waals surface area contributed by atoms with Crippen LogP contribution in [0.1, 0.15) is 21.6 Å². The van der Waals surface area contributed by atoms with Crippen LogP contribution in [0, 0.1) is 5.82 Å². The van der Waals surface area contributed by atoms with E-state index in [-0.39, 0.29) is 29.4 Å². The number of carbonyl (C=O) groups is 1. The highest BCUT2D eigenvalue weighted by Crippen LogP contribution is 2.21.